The number of rotatable bonds is 8. The van der Waals surface area contributed by atoms with Crippen molar-refractivity contribution in [3.63, 3.8) is 0 Å². The number of hydrogen-bond acceptors (Lipinski definition) is 5. The summed E-state index contributed by atoms with van der Waals surface area (Å²) in [6, 6.07) is 4.00. The van der Waals surface area contributed by atoms with Crippen LogP contribution in [-0.2, 0) is 9.59 Å². The normalized spacial score (nSPS) is 15.7. The molecule has 1 aliphatic heterocycles. The molecule has 134 valence electrons. The van der Waals surface area contributed by atoms with E-state index in [0.29, 0.717) is 12.8 Å². The van der Waals surface area contributed by atoms with Crippen molar-refractivity contribution >= 4 is 23.7 Å². The summed E-state index contributed by atoms with van der Waals surface area (Å²) in [6.45, 7) is 1.22. The first-order valence-corrected chi connectivity index (χ1v) is 7.99. The third kappa shape index (κ3) is 3.85. The molecule has 0 radical (unpaired) electrons. The van der Waals surface area contributed by atoms with E-state index in [1.165, 1.54) is 19.1 Å². The maximum atomic E-state index is 12.6. The Morgan fingerprint density at radius 1 is 1.12 bits per heavy atom. The minimum atomic E-state index is -1.22. The Morgan fingerprint density at radius 3 is 2.16 bits per heavy atom. The molecule has 2 rings (SSSR count). The van der Waals surface area contributed by atoms with Gasteiger partial charge in [-0.05, 0) is 38.3 Å². The molecule has 0 fully saturated rings. The number of carboxylic acids is 1. The van der Waals surface area contributed by atoms with Gasteiger partial charge >= 0.3 is 5.97 Å². The molecule has 0 spiro atoms. The van der Waals surface area contributed by atoms with Crippen molar-refractivity contribution in [2.24, 2.45) is 0 Å². The number of carboxylic acid groups (broad SMARTS) is 1. The average Bonchev–Trinajstić information content (AvgIpc) is 2.83. The number of aliphatic carboxylic acids is 1. The molecule has 0 saturated carbocycles. The van der Waals surface area contributed by atoms with E-state index in [-0.39, 0.29) is 24.2 Å². The molecule has 0 bridgehead atoms. The van der Waals surface area contributed by atoms with Gasteiger partial charge in [0.1, 0.15) is 12.1 Å². The van der Waals surface area contributed by atoms with Gasteiger partial charge in [0.05, 0.1) is 11.1 Å². The summed E-state index contributed by atoms with van der Waals surface area (Å²) in [6.07, 6.45) is 0.953. The predicted molar refractivity (Wildman–Crippen MR) is 86.9 cm³/mol. The standard InChI is InChI=1S/C17H20N2O6/c1-10(17(24)25)18-14(21)13(8-4-5-9-20)19-15(22)11-6-2-3-7-12(11)16(19)23/h2-3,6-7,10,13,20H,4-5,8-9H2,1H3,(H,18,21)(H,24,25)/t10?,13-/m0/s1. The molecule has 3 N–H and O–H groups in total. The van der Waals surface area contributed by atoms with Crippen LogP contribution in [0.3, 0.4) is 0 Å². The molecule has 1 aromatic rings. The van der Waals surface area contributed by atoms with E-state index >= 15 is 0 Å². The van der Waals surface area contributed by atoms with E-state index in [2.05, 4.69) is 5.32 Å². The van der Waals surface area contributed by atoms with Crippen molar-refractivity contribution in [1.29, 1.82) is 0 Å². The SMILES string of the molecule is CC(NC(=O)[C@H](CCCCO)N1C(=O)c2ccccc2C1=O)C(=O)O. The highest BCUT2D eigenvalue weighted by Crippen LogP contribution is 2.26. The van der Waals surface area contributed by atoms with E-state index in [4.69, 9.17) is 10.2 Å². The third-order valence-corrected chi connectivity index (χ3v) is 4.05. The van der Waals surface area contributed by atoms with Gasteiger partial charge in [-0.2, -0.15) is 0 Å². The molecule has 0 aromatic heterocycles. The molecule has 1 unspecified atom stereocenters. The highest BCUT2D eigenvalue weighted by molar-refractivity contribution is 6.22. The van der Waals surface area contributed by atoms with Crippen molar-refractivity contribution in [3.8, 4) is 0 Å². The summed E-state index contributed by atoms with van der Waals surface area (Å²) in [5, 5.41) is 20.2. The summed E-state index contributed by atoms with van der Waals surface area (Å²) in [5.74, 6) is -3.08. The Labute approximate surface area is 144 Å². The second-order valence-electron chi connectivity index (χ2n) is 5.83. The van der Waals surface area contributed by atoms with Crippen molar-refractivity contribution in [1.82, 2.24) is 10.2 Å². The van der Waals surface area contributed by atoms with Crippen LogP contribution in [0.2, 0.25) is 0 Å². The molecular formula is C17H20N2O6. The zero-order valence-corrected chi connectivity index (χ0v) is 13.8. The number of fused-ring (bicyclic) bond motifs is 1. The van der Waals surface area contributed by atoms with Gasteiger partial charge in [-0.25, -0.2) is 0 Å². The first kappa shape index (κ1) is 18.6. The van der Waals surface area contributed by atoms with Gasteiger partial charge in [0, 0.05) is 6.61 Å². The van der Waals surface area contributed by atoms with Crippen molar-refractivity contribution in [3.05, 3.63) is 35.4 Å². The molecule has 25 heavy (non-hydrogen) atoms. The molecule has 1 heterocycles. The van der Waals surface area contributed by atoms with Gasteiger partial charge < -0.3 is 15.5 Å². The van der Waals surface area contributed by atoms with Crippen LogP contribution in [0.1, 0.15) is 46.9 Å². The molecule has 1 aromatic carbocycles. The van der Waals surface area contributed by atoms with Gasteiger partial charge in [-0.15, -0.1) is 0 Å². The second kappa shape index (κ2) is 7.89. The summed E-state index contributed by atoms with van der Waals surface area (Å²) in [4.78, 5) is 49.5. The number of carbonyl (C=O) groups excluding carboxylic acids is 3. The number of nitrogens with one attached hydrogen (secondary N) is 1. The summed E-state index contributed by atoms with van der Waals surface area (Å²) in [5.41, 5.74) is 0.442. The molecule has 2 atom stereocenters. The van der Waals surface area contributed by atoms with Gasteiger partial charge in [0.2, 0.25) is 5.91 Å². The molecule has 3 amide bonds. The van der Waals surface area contributed by atoms with Gasteiger partial charge in [0.25, 0.3) is 11.8 Å². The summed E-state index contributed by atoms with van der Waals surface area (Å²) < 4.78 is 0. The van der Waals surface area contributed by atoms with Gasteiger partial charge in [-0.1, -0.05) is 12.1 Å². The van der Waals surface area contributed by atoms with Gasteiger partial charge in [-0.3, -0.25) is 24.1 Å². The zero-order chi connectivity index (χ0) is 18.6. The number of aliphatic hydroxyl groups excluding tert-OH is 1. The Bertz CT molecular complexity index is 667. The van der Waals surface area contributed by atoms with Gasteiger partial charge in [0.15, 0.2) is 0 Å². The Hall–Kier alpha value is -2.74. The number of benzene rings is 1. The lowest BCUT2D eigenvalue weighted by atomic mass is 10.1. The predicted octanol–water partition coefficient (Wildman–Crippen LogP) is 0.403. The Morgan fingerprint density at radius 2 is 1.68 bits per heavy atom. The van der Waals surface area contributed by atoms with E-state index in [0.717, 1.165) is 4.90 Å². The quantitative estimate of drug-likeness (QED) is 0.461. The highest BCUT2D eigenvalue weighted by Gasteiger charge is 2.42. The first-order chi connectivity index (χ1) is 11.9. The maximum absolute atomic E-state index is 12.6. The van der Waals surface area contributed by atoms with E-state index in [9.17, 15) is 19.2 Å². The van der Waals surface area contributed by atoms with E-state index in [1.807, 2.05) is 0 Å². The molecule has 0 saturated heterocycles. The topological polar surface area (TPSA) is 124 Å². The van der Waals surface area contributed by atoms with Crippen molar-refractivity contribution < 1.29 is 29.4 Å². The van der Waals surface area contributed by atoms with Crippen LogP contribution in [0.5, 0.6) is 0 Å². The van der Waals surface area contributed by atoms with E-state index < -0.39 is 35.8 Å². The number of aliphatic hydroxyl groups is 1. The zero-order valence-electron chi connectivity index (χ0n) is 13.8. The van der Waals surface area contributed by atoms with E-state index in [1.54, 1.807) is 12.1 Å². The summed E-state index contributed by atoms with van der Waals surface area (Å²) >= 11 is 0. The molecule has 8 heteroatoms. The number of amides is 3. The highest BCUT2D eigenvalue weighted by atomic mass is 16.4. The Kier molecular flexibility index (Phi) is 5.87. The van der Waals surface area contributed by atoms with Crippen LogP contribution < -0.4 is 5.32 Å². The first-order valence-electron chi connectivity index (χ1n) is 7.99. The number of carbonyl (C=O) groups is 4. The number of hydrogen-bond donors (Lipinski definition) is 3. The minimum Gasteiger partial charge on any atom is -0.480 e. The Balaban J connectivity index is 2.26. The van der Waals surface area contributed by atoms with Crippen LogP contribution in [0, 0.1) is 0 Å². The monoisotopic (exact) mass is 348 g/mol. The van der Waals surface area contributed by atoms with Crippen molar-refractivity contribution in [2.75, 3.05) is 6.61 Å². The van der Waals surface area contributed by atoms with Crippen LogP contribution in [0.25, 0.3) is 0 Å². The van der Waals surface area contributed by atoms with Crippen molar-refractivity contribution in [2.45, 2.75) is 38.3 Å². The smallest absolute Gasteiger partial charge is 0.325 e. The largest absolute Gasteiger partial charge is 0.480 e. The molecule has 1 aliphatic rings. The number of imide groups is 1. The fourth-order valence-corrected chi connectivity index (χ4v) is 2.69. The average molecular weight is 348 g/mol. The minimum absolute atomic E-state index is 0.0814. The molecule has 0 aliphatic carbocycles. The molecular weight excluding hydrogens is 328 g/mol. The van der Waals surface area contributed by atoms with Crippen LogP contribution in [0.4, 0.5) is 0 Å². The maximum Gasteiger partial charge on any atom is 0.325 e. The van der Waals surface area contributed by atoms with Crippen LogP contribution in [0.15, 0.2) is 24.3 Å². The third-order valence-electron chi connectivity index (χ3n) is 4.05. The lowest BCUT2D eigenvalue weighted by Crippen LogP contribution is -2.52. The fraction of sp³-hybridized carbons (Fsp3) is 0.412. The number of unbranched alkanes of at least 4 members (excludes halogenated alkanes) is 1. The molecule has 8 nitrogen and oxygen atoms in total. The lowest BCUT2D eigenvalue weighted by Gasteiger charge is -2.26. The second-order valence-corrected chi connectivity index (χ2v) is 5.83. The van der Waals surface area contributed by atoms with Crippen LogP contribution >= 0.6 is 0 Å². The summed E-state index contributed by atoms with van der Waals surface area (Å²) in [7, 11) is 0. The fourth-order valence-electron chi connectivity index (χ4n) is 2.69. The lowest BCUT2D eigenvalue weighted by molar-refractivity contribution is -0.141. The number of nitrogens with zero attached hydrogens (tertiary/aromatic N) is 1. The van der Waals surface area contributed by atoms with Crippen LogP contribution in [-0.4, -0.2) is 57.5 Å².